The van der Waals surface area contributed by atoms with Gasteiger partial charge < -0.3 is 10.1 Å². The molecule has 3 heterocycles. The molecule has 4 nitrogen and oxygen atoms in total. The Morgan fingerprint density at radius 3 is 3.05 bits per heavy atom. The zero-order chi connectivity index (χ0) is 14.1. The summed E-state index contributed by atoms with van der Waals surface area (Å²) >= 11 is 3.94. The number of nitrogens with zero attached hydrogens (tertiary/aromatic N) is 2. The standard InChI is InChI=1S/C14H19N3OS2/c1-15-13(14-10(18-3)7-16-17(14)2)12-6-9-8-19-5-4-11(9)20-12/h6-7,13,15H,4-5,8H2,1-3H3. The number of aromatic nitrogens is 2. The fourth-order valence-corrected chi connectivity index (χ4v) is 5.13. The number of fused-ring (bicyclic) bond motifs is 1. The summed E-state index contributed by atoms with van der Waals surface area (Å²) in [6.07, 6.45) is 2.98. The molecule has 20 heavy (non-hydrogen) atoms. The zero-order valence-electron chi connectivity index (χ0n) is 12.0. The van der Waals surface area contributed by atoms with Crippen molar-refractivity contribution in [3.8, 4) is 5.75 Å². The van der Waals surface area contributed by atoms with Crippen molar-refractivity contribution in [2.45, 2.75) is 18.2 Å². The van der Waals surface area contributed by atoms with Gasteiger partial charge in [0.15, 0.2) is 5.75 Å². The molecule has 108 valence electrons. The van der Waals surface area contributed by atoms with E-state index >= 15 is 0 Å². The first-order valence-electron chi connectivity index (χ1n) is 6.67. The normalized spacial score (nSPS) is 15.9. The number of thiophene rings is 1. The highest BCUT2D eigenvalue weighted by Crippen LogP contribution is 2.38. The van der Waals surface area contributed by atoms with E-state index in [1.54, 1.807) is 18.2 Å². The van der Waals surface area contributed by atoms with Gasteiger partial charge in [-0.25, -0.2) is 0 Å². The summed E-state index contributed by atoms with van der Waals surface area (Å²) in [5, 5.41) is 7.72. The molecule has 0 fully saturated rings. The third kappa shape index (κ3) is 2.36. The van der Waals surface area contributed by atoms with Crippen LogP contribution in [0.3, 0.4) is 0 Å². The number of aryl methyl sites for hydroxylation is 2. The molecule has 1 unspecified atom stereocenters. The molecule has 0 saturated heterocycles. The minimum Gasteiger partial charge on any atom is -0.493 e. The van der Waals surface area contributed by atoms with Crippen molar-refractivity contribution in [2.24, 2.45) is 7.05 Å². The van der Waals surface area contributed by atoms with Crippen LogP contribution in [0.4, 0.5) is 0 Å². The molecule has 0 radical (unpaired) electrons. The van der Waals surface area contributed by atoms with Gasteiger partial charge in [-0.15, -0.1) is 11.3 Å². The summed E-state index contributed by atoms with van der Waals surface area (Å²) in [7, 11) is 5.65. The van der Waals surface area contributed by atoms with Crippen molar-refractivity contribution in [1.29, 1.82) is 0 Å². The van der Waals surface area contributed by atoms with Crippen molar-refractivity contribution >= 4 is 23.1 Å². The van der Waals surface area contributed by atoms with Crippen LogP contribution in [-0.2, 0) is 19.2 Å². The monoisotopic (exact) mass is 309 g/mol. The summed E-state index contributed by atoms with van der Waals surface area (Å²) in [6, 6.07) is 2.48. The van der Waals surface area contributed by atoms with E-state index in [1.807, 2.05) is 41.9 Å². The van der Waals surface area contributed by atoms with Crippen LogP contribution in [0.25, 0.3) is 0 Å². The maximum absolute atomic E-state index is 5.45. The number of methoxy groups -OCH3 is 1. The summed E-state index contributed by atoms with van der Waals surface area (Å²) in [5.41, 5.74) is 2.59. The summed E-state index contributed by atoms with van der Waals surface area (Å²) in [6.45, 7) is 0. The predicted octanol–water partition coefficient (Wildman–Crippen LogP) is 2.59. The molecular weight excluding hydrogens is 290 g/mol. The van der Waals surface area contributed by atoms with Crippen LogP contribution in [0.5, 0.6) is 5.75 Å². The molecule has 0 spiro atoms. The molecule has 1 N–H and O–H groups in total. The molecular formula is C14H19N3OS2. The smallest absolute Gasteiger partial charge is 0.161 e. The third-order valence-corrected chi connectivity index (χ3v) is 5.97. The van der Waals surface area contributed by atoms with E-state index in [0.29, 0.717) is 0 Å². The molecule has 2 aromatic heterocycles. The number of thioether (sulfide) groups is 1. The Hall–Kier alpha value is -0.980. The molecule has 0 amide bonds. The van der Waals surface area contributed by atoms with Crippen LogP contribution in [0.2, 0.25) is 0 Å². The average molecular weight is 309 g/mol. The summed E-state index contributed by atoms with van der Waals surface area (Å²) in [5.74, 6) is 3.23. The zero-order valence-corrected chi connectivity index (χ0v) is 13.6. The minimum atomic E-state index is 0.137. The fourth-order valence-electron chi connectivity index (χ4n) is 2.64. The van der Waals surface area contributed by atoms with E-state index in [4.69, 9.17) is 4.74 Å². The largest absolute Gasteiger partial charge is 0.493 e. The molecule has 0 saturated carbocycles. The van der Waals surface area contributed by atoms with Gasteiger partial charge in [0.1, 0.15) is 5.69 Å². The van der Waals surface area contributed by atoms with E-state index < -0.39 is 0 Å². The van der Waals surface area contributed by atoms with Crippen molar-refractivity contribution in [1.82, 2.24) is 15.1 Å². The quantitative estimate of drug-likeness (QED) is 0.942. The van der Waals surface area contributed by atoms with Crippen molar-refractivity contribution in [3.63, 3.8) is 0 Å². The third-order valence-electron chi connectivity index (χ3n) is 3.66. The van der Waals surface area contributed by atoms with Crippen molar-refractivity contribution in [3.05, 3.63) is 33.3 Å². The van der Waals surface area contributed by atoms with E-state index in [0.717, 1.165) is 17.2 Å². The molecule has 6 heteroatoms. The highest BCUT2D eigenvalue weighted by molar-refractivity contribution is 7.98. The fraction of sp³-hybridized carbons (Fsp3) is 0.500. The molecule has 1 atom stereocenters. The van der Waals surface area contributed by atoms with Gasteiger partial charge in [0.2, 0.25) is 0 Å². The van der Waals surface area contributed by atoms with Gasteiger partial charge in [-0.3, -0.25) is 4.68 Å². The van der Waals surface area contributed by atoms with Crippen LogP contribution >= 0.6 is 23.1 Å². The van der Waals surface area contributed by atoms with Crippen LogP contribution in [0.1, 0.15) is 27.1 Å². The molecule has 0 aromatic carbocycles. The second kappa shape index (κ2) is 5.79. The maximum atomic E-state index is 5.45. The Balaban J connectivity index is 2.01. The highest BCUT2D eigenvalue weighted by Gasteiger charge is 2.24. The second-order valence-corrected chi connectivity index (χ2v) is 7.12. The summed E-state index contributed by atoms with van der Waals surface area (Å²) in [4.78, 5) is 2.89. The maximum Gasteiger partial charge on any atom is 0.161 e. The van der Waals surface area contributed by atoms with Gasteiger partial charge in [0.25, 0.3) is 0 Å². The Kier molecular flexibility index (Phi) is 4.05. The second-order valence-electron chi connectivity index (χ2n) is 4.84. The first-order chi connectivity index (χ1) is 9.74. The number of ether oxygens (including phenoxy) is 1. The lowest BCUT2D eigenvalue weighted by atomic mass is 10.1. The Labute approximate surface area is 127 Å². The lowest BCUT2D eigenvalue weighted by Gasteiger charge is -2.16. The molecule has 1 aliphatic rings. The van der Waals surface area contributed by atoms with Crippen molar-refractivity contribution in [2.75, 3.05) is 19.9 Å². The molecule has 1 aliphatic heterocycles. The van der Waals surface area contributed by atoms with Gasteiger partial charge in [-0.05, 0) is 30.9 Å². The Morgan fingerprint density at radius 1 is 1.50 bits per heavy atom. The SMILES string of the molecule is CNC(c1cc2c(s1)CCSC2)c1c(OC)cnn1C. The van der Waals surface area contributed by atoms with Crippen LogP contribution in [0, 0.1) is 0 Å². The van der Waals surface area contributed by atoms with Crippen LogP contribution in [-0.4, -0.2) is 29.7 Å². The summed E-state index contributed by atoms with van der Waals surface area (Å²) < 4.78 is 7.35. The average Bonchev–Trinajstić information content (AvgIpc) is 3.04. The topological polar surface area (TPSA) is 39.1 Å². The first kappa shape index (κ1) is 14.0. The molecule has 0 aliphatic carbocycles. The first-order valence-corrected chi connectivity index (χ1v) is 8.64. The van der Waals surface area contributed by atoms with Gasteiger partial charge in [0, 0.05) is 22.6 Å². The van der Waals surface area contributed by atoms with Gasteiger partial charge in [-0.2, -0.15) is 16.9 Å². The van der Waals surface area contributed by atoms with E-state index in [9.17, 15) is 0 Å². The lowest BCUT2D eigenvalue weighted by Crippen LogP contribution is -2.20. The van der Waals surface area contributed by atoms with Gasteiger partial charge in [0.05, 0.1) is 19.3 Å². The number of hydrogen-bond donors (Lipinski definition) is 1. The van der Waals surface area contributed by atoms with Crippen LogP contribution < -0.4 is 10.1 Å². The molecule has 3 rings (SSSR count). The number of nitrogens with one attached hydrogen (secondary N) is 1. The Bertz CT molecular complexity index is 582. The molecule has 2 aromatic rings. The molecule has 0 bridgehead atoms. The van der Waals surface area contributed by atoms with Crippen molar-refractivity contribution < 1.29 is 4.74 Å². The van der Waals surface area contributed by atoms with Crippen LogP contribution in [0.15, 0.2) is 12.3 Å². The van der Waals surface area contributed by atoms with E-state index in [2.05, 4.69) is 16.5 Å². The number of rotatable bonds is 4. The lowest BCUT2D eigenvalue weighted by molar-refractivity contribution is 0.403. The predicted molar refractivity (Wildman–Crippen MR) is 84.8 cm³/mol. The van der Waals surface area contributed by atoms with E-state index in [1.165, 1.54) is 22.6 Å². The van der Waals surface area contributed by atoms with E-state index in [-0.39, 0.29) is 6.04 Å². The highest BCUT2D eigenvalue weighted by atomic mass is 32.2. The minimum absolute atomic E-state index is 0.137. The Morgan fingerprint density at radius 2 is 2.35 bits per heavy atom. The number of hydrogen-bond acceptors (Lipinski definition) is 5. The van der Waals surface area contributed by atoms with Gasteiger partial charge >= 0.3 is 0 Å². The van der Waals surface area contributed by atoms with Gasteiger partial charge in [-0.1, -0.05) is 0 Å².